The molecule has 1 aliphatic rings. The highest BCUT2D eigenvalue weighted by Crippen LogP contribution is 2.27. The van der Waals surface area contributed by atoms with Gasteiger partial charge in [-0.2, -0.15) is 0 Å². The second-order valence-corrected chi connectivity index (χ2v) is 7.06. The molecule has 1 saturated heterocycles. The van der Waals surface area contributed by atoms with Crippen LogP contribution in [0.25, 0.3) is 0 Å². The molecule has 0 saturated carbocycles. The number of halogens is 1. The predicted octanol–water partition coefficient (Wildman–Crippen LogP) is 2.44. The van der Waals surface area contributed by atoms with Gasteiger partial charge in [0.2, 0.25) is 0 Å². The first kappa shape index (κ1) is 18.3. The fourth-order valence-electron chi connectivity index (χ4n) is 3.63. The van der Waals surface area contributed by atoms with Gasteiger partial charge < -0.3 is 19.7 Å². The van der Waals surface area contributed by atoms with Crippen molar-refractivity contribution in [2.24, 2.45) is 0 Å². The molecule has 0 aliphatic carbocycles. The van der Waals surface area contributed by atoms with E-state index in [2.05, 4.69) is 18.7 Å². The lowest BCUT2D eigenvalue weighted by Crippen LogP contribution is -2.58. The molecule has 0 N–H and O–H groups in total. The molecule has 136 valence electrons. The van der Waals surface area contributed by atoms with Gasteiger partial charge in [-0.3, -0.25) is 4.79 Å². The maximum atomic E-state index is 12.9. The molecular formula is C20H20ClN2O3-. The van der Waals surface area contributed by atoms with Gasteiger partial charge >= 0.3 is 0 Å². The molecule has 3 rings (SSSR count). The maximum Gasteiger partial charge on any atom is 0.254 e. The lowest BCUT2D eigenvalue weighted by molar-refractivity contribution is -0.255. The van der Waals surface area contributed by atoms with Crippen LogP contribution < -0.4 is 10.0 Å². The summed E-state index contributed by atoms with van der Waals surface area (Å²) in [6.07, 6.45) is 0. The zero-order chi connectivity index (χ0) is 18.8. The van der Waals surface area contributed by atoms with Crippen molar-refractivity contribution in [3.05, 3.63) is 64.7 Å². The van der Waals surface area contributed by atoms with Crippen LogP contribution in [0.1, 0.15) is 34.6 Å². The van der Waals surface area contributed by atoms with Crippen molar-refractivity contribution in [1.82, 2.24) is 4.90 Å². The maximum absolute atomic E-state index is 12.9. The Morgan fingerprint density at radius 3 is 2.04 bits per heavy atom. The van der Waals surface area contributed by atoms with E-state index in [1.807, 2.05) is 24.3 Å². The number of aromatic carboxylic acids is 1. The van der Waals surface area contributed by atoms with Crippen LogP contribution in [-0.2, 0) is 0 Å². The third-order valence-electron chi connectivity index (χ3n) is 4.71. The number of rotatable bonds is 3. The third-order valence-corrected chi connectivity index (χ3v) is 4.96. The molecule has 1 amide bonds. The number of carbonyl (C=O) groups is 2. The number of hydrogen-bond acceptors (Lipinski definition) is 4. The molecule has 6 heteroatoms. The first-order valence-electron chi connectivity index (χ1n) is 8.52. The SMILES string of the molecule is CC1CN(C(=O)c2ccccc2C(=O)[O-])CC(C)N1c1ccc(Cl)cc1. The van der Waals surface area contributed by atoms with Crippen molar-refractivity contribution in [3.8, 4) is 0 Å². The monoisotopic (exact) mass is 371 g/mol. The Hall–Kier alpha value is -2.53. The van der Waals surface area contributed by atoms with Gasteiger partial charge in [0.1, 0.15) is 0 Å². The molecule has 2 aromatic carbocycles. The first-order valence-corrected chi connectivity index (χ1v) is 8.90. The molecule has 2 aromatic rings. The number of amides is 1. The van der Waals surface area contributed by atoms with Crippen LogP contribution in [0, 0.1) is 0 Å². The summed E-state index contributed by atoms with van der Waals surface area (Å²) >= 11 is 5.97. The van der Waals surface area contributed by atoms with Crippen LogP contribution in [0.3, 0.4) is 0 Å². The number of hydrogen-bond donors (Lipinski definition) is 0. The van der Waals surface area contributed by atoms with E-state index in [4.69, 9.17) is 11.6 Å². The topological polar surface area (TPSA) is 63.7 Å². The predicted molar refractivity (Wildman–Crippen MR) is 99.5 cm³/mol. The van der Waals surface area contributed by atoms with E-state index in [0.29, 0.717) is 18.1 Å². The Morgan fingerprint density at radius 1 is 0.962 bits per heavy atom. The highest BCUT2D eigenvalue weighted by Gasteiger charge is 2.32. The summed E-state index contributed by atoms with van der Waals surface area (Å²) in [6.45, 7) is 5.12. The molecule has 0 radical (unpaired) electrons. The van der Waals surface area contributed by atoms with E-state index < -0.39 is 5.97 Å². The van der Waals surface area contributed by atoms with Gasteiger partial charge in [0.25, 0.3) is 5.91 Å². The van der Waals surface area contributed by atoms with Crippen molar-refractivity contribution in [2.45, 2.75) is 25.9 Å². The van der Waals surface area contributed by atoms with Gasteiger partial charge in [0.05, 0.1) is 5.97 Å². The van der Waals surface area contributed by atoms with E-state index in [-0.39, 0.29) is 29.1 Å². The summed E-state index contributed by atoms with van der Waals surface area (Å²) in [5, 5.41) is 12.0. The smallest absolute Gasteiger partial charge is 0.254 e. The summed E-state index contributed by atoms with van der Waals surface area (Å²) in [4.78, 5) is 28.2. The van der Waals surface area contributed by atoms with Gasteiger partial charge in [-0.1, -0.05) is 29.8 Å². The fourth-order valence-corrected chi connectivity index (χ4v) is 3.75. The molecule has 0 bridgehead atoms. The number of nitrogens with zero attached hydrogens (tertiary/aromatic N) is 2. The fraction of sp³-hybridized carbons (Fsp3) is 0.300. The number of carbonyl (C=O) groups excluding carboxylic acids is 2. The largest absolute Gasteiger partial charge is 0.545 e. The Balaban J connectivity index is 1.82. The molecule has 1 fully saturated rings. The van der Waals surface area contributed by atoms with E-state index in [1.54, 1.807) is 17.0 Å². The zero-order valence-corrected chi connectivity index (χ0v) is 15.4. The first-order chi connectivity index (χ1) is 12.4. The van der Waals surface area contributed by atoms with Crippen LogP contribution in [0.4, 0.5) is 5.69 Å². The number of benzene rings is 2. The number of carboxylic acid groups (broad SMARTS) is 1. The average molecular weight is 372 g/mol. The third kappa shape index (κ3) is 3.53. The normalized spacial score (nSPS) is 20.1. The summed E-state index contributed by atoms with van der Waals surface area (Å²) in [5.74, 6) is -1.62. The second-order valence-electron chi connectivity index (χ2n) is 6.62. The summed E-state index contributed by atoms with van der Waals surface area (Å²) in [6, 6.07) is 14.0. The van der Waals surface area contributed by atoms with Gasteiger partial charge in [-0.25, -0.2) is 0 Å². The van der Waals surface area contributed by atoms with Crippen LogP contribution in [0.15, 0.2) is 48.5 Å². The lowest BCUT2D eigenvalue weighted by Gasteiger charge is -2.46. The van der Waals surface area contributed by atoms with Crippen LogP contribution in [-0.4, -0.2) is 41.9 Å². The van der Waals surface area contributed by atoms with E-state index in [1.165, 1.54) is 12.1 Å². The Labute approximate surface area is 157 Å². The molecular weight excluding hydrogens is 352 g/mol. The molecule has 2 unspecified atom stereocenters. The Kier molecular flexibility index (Phi) is 5.18. The minimum Gasteiger partial charge on any atom is -0.545 e. The molecule has 2 atom stereocenters. The molecule has 26 heavy (non-hydrogen) atoms. The van der Waals surface area contributed by atoms with Gasteiger partial charge in [-0.15, -0.1) is 0 Å². The number of carboxylic acids is 1. The minimum absolute atomic E-state index is 0.0714. The highest BCUT2D eigenvalue weighted by molar-refractivity contribution is 6.30. The average Bonchev–Trinajstić information content (AvgIpc) is 2.62. The van der Waals surface area contributed by atoms with Crippen molar-refractivity contribution >= 4 is 29.2 Å². The molecule has 0 spiro atoms. The van der Waals surface area contributed by atoms with E-state index in [9.17, 15) is 14.7 Å². The van der Waals surface area contributed by atoms with Gasteiger partial charge in [-0.05, 0) is 44.2 Å². The summed E-state index contributed by atoms with van der Waals surface area (Å²) in [7, 11) is 0. The van der Waals surface area contributed by atoms with Crippen molar-refractivity contribution in [2.75, 3.05) is 18.0 Å². The highest BCUT2D eigenvalue weighted by atomic mass is 35.5. The van der Waals surface area contributed by atoms with Gasteiger partial charge in [0, 0.05) is 47.0 Å². The Morgan fingerprint density at radius 2 is 1.50 bits per heavy atom. The Bertz CT molecular complexity index is 810. The molecule has 5 nitrogen and oxygen atoms in total. The van der Waals surface area contributed by atoms with Crippen molar-refractivity contribution in [1.29, 1.82) is 0 Å². The van der Waals surface area contributed by atoms with Crippen LogP contribution in [0.2, 0.25) is 5.02 Å². The quantitative estimate of drug-likeness (QED) is 0.831. The van der Waals surface area contributed by atoms with Crippen molar-refractivity contribution < 1.29 is 14.7 Å². The number of piperazine rings is 1. The lowest BCUT2D eigenvalue weighted by atomic mass is 10.0. The summed E-state index contributed by atoms with van der Waals surface area (Å²) in [5.41, 5.74) is 1.15. The van der Waals surface area contributed by atoms with Crippen molar-refractivity contribution in [3.63, 3.8) is 0 Å². The minimum atomic E-state index is -1.34. The standard InChI is InChI=1S/C20H21ClN2O3/c1-13-11-22(19(24)17-5-3-4-6-18(17)20(25)26)12-14(2)23(13)16-9-7-15(21)8-10-16/h3-10,13-14H,11-12H2,1-2H3,(H,25,26)/p-1. The van der Waals surface area contributed by atoms with E-state index >= 15 is 0 Å². The van der Waals surface area contributed by atoms with Gasteiger partial charge in [0.15, 0.2) is 0 Å². The van der Waals surface area contributed by atoms with E-state index in [0.717, 1.165) is 5.69 Å². The molecule has 1 heterocycles. The molecule has 0 aromatic heterocycles. The summed E-state index contributed by atoms with van der Waals surface area (Å²) < 4.78 is 0. The zero-order valence-electron chi connectivity index (χ0n) is 14.7. The second kappa shape index (κ2) is 7.38. The number of anilines is 1. The van der Waals surface area contributed by atoms with Crippen LogP contribution in [0.5, 0.6) is 0 Å². The molecule has 1 aliphatic heterocycles. The van der Waals surface area contributed by atoms with Crippen LogP contribution >= 0.6 is 11.6 Å².